The van der Waals surface area contributed by atoms with E-state index in [0.717, 1.165) is 5.56 Å². The van der Waals surface area contributed by atoms with Crippen LogP contribution in [-0.2, 0) is 27.1 Å². The second-order valence-corrected chi connectivity index (χ2v) is 9.82. The number of hydrogen-bond acceptors (Lipinski definition) is 11. The van der Waals surface area contributed by atoms with E-state index in [1.165, 1.54) is 7.11 Å². The molecule has 39 heavy (non-hydrogen) atoms. The predicted molar refractivity (Wildman–Crippen MR) is 145 cm³/mol. The zero-order valence-electron chi connectivity index (χ0n) is 22.5. The van der Waals surface area contributed by atoms with E-state index >= 15 is 0 Å². The molecule has 13 heteroatoms. The van der Waals surface area contributed by atoms with Crippen LogP contribution in [0.5, 0.6) is 0 Å². The first-order valence-electron chi connectivity index (χ1n) is 12.4. The Morgan fingerprint density at radius 3 is 2.41 bits per heavy atom. The van der Waals surface area contributed by atoms with Gasteiger partial charge < -0.3 is 31.6 Å². The molecule has 3 rings (SSSR count). The van der Waals surface area contributed by atoms with Crippen molar-refractivity contribution >= 4 is 40.9 Å². The summed E-state index contributed by atoms with van der Waals surface area (Å²) in [6.45, 7) is 5.59. The Balaban J connectivity index is 1.53. The molecular weight excluding hydrogens is 504 g/mol. The molecule has 0 bridgehead atoms. The van der Waals surface area contributed by atoms with E-state index in [1.807, 2.05) is 12.1 Å². The number of hydrogen-bond donors (Lipinski definition) is 4. The van der Waals surface area contributed by atoms with Crippen LogP contribution in [0.1, 0.15) is 55.2 Å². The number of anilines is 2. The number of nitrogens with two attached hydrogens (primary N) is 2. The minimum absolute atomic E-state index is 0.0410. The second kappa shape index (κ2) is 12.8. The first kappa shape index (κ1) is 29.0. The molecule has 6 N–H and O–H groups in total. The van der Waals surface area contributed by atoms with Crippen molar-refractivity contribution in [1.29, 1.82) is 0 Å². The van der Waals surface area contributed by atoms with E-state index in [-0.39, 0.29) is 24.7 Å². The zero-order chi connectivity index (χ0) is 28.6. The number of amides is 2. The number of nitrogens with one attached hydrogen (secondary N) is 2. The van der Waals surface area contributed by atoms with Crippen LogP contribution < -0.4 is 22.1 Å². The van der Waals surface area contributed by atoms with Crippen molar-refractivity contribution in [3.63, 3.8) is 0 Å². The molecule has 3 aromatic rings. The summed E-state index contributed by atoms with van der Waals surface area (Å²) in [5.41, 5.74) is 13.7. The van der Waals surface area contributed by atoms with Crippen molar-refractivity contribution in [2.75, 3.05) is 25.1 Å². The maximum Gasteiger partial charge on any atom is 0.407 e. The molecule has 0 fully saturated rings. The number of aryl methyl sites for hydroxylation is 2. The van der Waals surface area contributed by atoms with Gasteiger partial charge in [-0.15, -0.1) is 0 Å². The van der Waals surface area contributed by atoms with Crippen molar-refractivity contribution in [3.05, 3.63) is 47.3 Å². The third-order valence-electron chi connectivity index (χ3n) is 5.52. The molecule has 0 aliphatic heterocycles. The zero-order valence-corrected chi connectivity index (χ0v) is 22.5. The normalized spacial score (nSPS) is 12.0. The molecule has 2 amide bonds. The van der Waals surface area contributed by atoms with Crippen LogP contribution in [0.3, 0.4) is 0 Å². The number of alkyl carbamates (subject to hydrolysis) is 1. The fraction of sp³-hybridized carbons (Fsp3) is 0.423. The lowest BCUT2D eigenvalue weighted by Gasteiger charge is -2.20. The molecule has 2 heterocycles. The number of benzene rings is 1. The SMILES string of the molecule is COC(=O)[C@H](CCCNC(=O)OC(C)(C)C)NC(=O)c1ccc(CCc2cnc3nc(N)nc(N)c3n2)cc1. The number of methoxy groups -OCH3 is 1. The van der Waals surface area contributed by atoms with Crippen LogP contribution in [0.4, 0.5) is 16.6 Å². The average molecular weight is 539 g/mol. The van der Waals surface area contributed by atoms with Crippen LogP contribution in [0, 0.1) is 0 Å². The monoisotopic (exact) mass is 538 g/mol. The number of fused-ring (bicyclic) bond motifs is 1. The summed E-state index contributed by atoms with van der Waals surface area (Å²) in [5.74, 6) is -0.763. The summed E-state index contributed by atoms with van der Waals surface area (Å²) in [6.07, 6.45) is 3.01. The topological polar surface area (TPSA) is 197 Å². The molecule has 0 aliphatic rings. The summed E-state index contributed by atoms with van der Waals surface area (Å²) < 4.78 is 10.0. The Morgan fingerprint density at radius 1 is 1.03 bits per heavy atom. The van der Waals surface area contributed by atoms with Gasteiger partial charge in [0.2, 0.25) is 5.95 Å². The largest absolute Gasteiger partial charge is 0.467 e. The minimum atomic E-state index is -0.860. The van der Waals surface area contributed by atoms with Gasteiger partial charge >= 0.3 is 12.1 Å². The van der Waals surface area contributed by atoms with Gasteiger partial charge in [-0.05, 0) is 64.2 Å². The van der Waals surface area contributed by atoms with Crippen LogP contribution in [0.15, 0.2) is 30.5 Å². The molecule has 208 valence electrons. The summed E-state index contributed by atoms with van der Waals surface area (Å²) in [7, 11) is 1.26. The van der Waals surface area contributed by atoms with E-state index in [2.05, 4.69) is 30.6 Å². The van der Waals surface area contributed by atoms with Crippen LogP contribution in [0.25, 0.3) is 11.2 Å². The van der Waals surface area contributed by atoms with E-state index < -0.39 is 29.6 Å². The molecule has 0 aliphatic carbocycles. The van der Waals surface area contributed by atoms with E-state index in [9.17, 15) is 14.4 Å². The number of nitrogens with zero attached hydrogens (tertiary/aromatic N) is 4. The summed E-state index contributed by atoms with van der Waals surface area (Å²) in [6, 6.07) is 6.17. The lowest BCUT2D eigenvalue weighted by atomic mass is 10.1. The highest BCUT2D eigenvalue weighted by Gasteiger charge is 2.22. The Bertz CT molecular complexity index is 1320. The van der Waals surface area contributed by atoms with E-state index in [1.54, 1.807) is 39.1 Å². The van der Waals surface area contributed by atoms with Gasteiger partial charge in [0.1, 0.15) is 11.6 Å². The van der Waals surface area contributed by atoms with Crippen molar-refractivity contribution < 1.29 is 23.9 Å². The first-order valence-corrected chi connectivity index (χ1v) is 12.4. The summed E-state index contributed by atoms with van der Waals surface area (Å²) in [5, 5.41) is 5.33. The molecule has 1 aromatic carbocycles. The molecule has 0 spiro atoms. The summed E-state index contributed by atoms with van der Waals surface area (Å²) >= 11 is 0. The van der Waals surface area contributed by atoms with Crippen LogP contribution >= 0.6 is 0 Å². The van der Waals surface area contributed by atoms with Crippen molar-refractivity contribution in [2.45, 2.75) is 58.1 Å². The quantitative estimate of drug-likeness (QED) is 0.217. The number of esters is 1. The Hall–Kier alpha value is -4.55. The van der Waals surface area contributed by atoms with Gasteiger partial charge in [-0.2, -0.15) is 9.97 Å². The van der Waals surface area contributed by atoms with Gasteiger partial charge in [-0.25, -0.2) is 19.6 Å². The smallest absolute Gasteiger partial charge is 0.407 e. The Morgan fingerprint density at radius 2 is 1.74 bits per heavy atom. The highest BCUT2D eigenvalue weighted by molar-refractivity contribution is 5.96. The summed E-state index contributed by atoms with van der Waals surface area (Å²) in [4.78, 5) is 53.4. The number of carbonyl (C=O) groups is 3. The third-order valence-corrected chi connectivity index (χ3v) is 5.52. The predicted octanol–water partition coefficient (Wildman–Crippen LogP) is 1.95. The Labute approximate surface area is 226 Å². The fourth-order valence-corrected chi connectivity index (χ4v) is 3.64. The maximum atomic E-state index is 12.8. The van der Waals surface area contributed by atoms with Gasteiger partial charge in [-0.1, -0.05) is 12.1 Å². The number of rotatable bonds is 10. The van der Waals surface area contributed by atoms with E-state index in [0.29, 0.717) is 41.7 Å². The lowest BCUT2D eigenvalue weighted by Crippen LogP contribution is -2.42. The Kier molecular flexibility index (Phi) is 9.52. The van der Waals surface area contributed by atoms with Gasteiger partial charge in [0.15, 0.2) is 17.0 Å². The fourth-order valence-electron chi connectivity index (χ4n) is 3.64. The number of aromatic nitrogens is 4. The van der Waals surface area contributed by atoms with Crippen LogP contribution in [0.2, 0.25) is 0 Å². The van der Waals surface area contributed by atoms with Gasteiger partial charge in [0.05, 0.1) is 19.0 Å². The van der Waals surface area contributed by atoms with Gasteiger partial charge in [-0.3, -0.25) is 4.79 Å². The van der Waals surface area contributed by atoms with Gasteiger partial charge in [0, 0.05) is 12.1 Å². The first-order chi connectivity index (χ1) is 18.4. The lowest BCUT2D eigenvalue weighted by molar-refractivity contribution is -0.143. The van der Waals surface area contributed by atoms with Crippen molar-refractivity contribution in [1.82, 2.24) is 30.6 Å². The maximum absolute atomic E-state index is 12.8. The highest BCUT2D eigenvalue weighted by Crippen LogP contribution is 2.16. The molecule has 13 nitrogen and oxygen atoms in total. The van der Waals surface area contributed by atoms with Gasteiger partial charge in [0.25, 0.3) is 5.91 Å². The number of carbonyl (C=O) groups excluding carboxylic acids is 3. The molecule has 0 unspecified atom stereocenters. The molecule has 0 radical (unpaired) electrons. The van der Waals surface area contributed by atoms with Crippen molar-refractivity contribution in [3.8, 4) is 0 Å². The minimum Gasteiger partial charge on any atom is -0.467 e. The standard InChI is InChI=1S/C26H34N8O5/c1-26(2,3)39-25(37)29-13-5-6-18(23(36)38-4)32-22(35)16-10-7-15(8-11-16)9-12-17-14-30-21-19(31-17)20(27)33-24(28)34-21/h7-8,10-11,14,18H,5-6,9,12-13H2,1-4H3,(H,29,37)(H,32,35)(H4,27,28,30,33,34)/t18-/m0/s1. The van der Waals surface area contributed by atoms with E-state index in [4.69, 9.17) is 20.9 Å². The molecule has 1 atom stereocenters. The van der Waals surface area contributed by atoms with Crippen molar-refractivity contribution in [2.24, 2.45) is 0 Å². The highest BCUT2D eigenvalue weighted by atomic mass is 16.6. The number of ether oxygens (including phenoxy) is 2. The molecule has 2 aromatic heterocycles. The average Bonchev–Trinajstić information content (AvgIpc) is 2.88. The molecular formula is C26H34N8O5. The second-order valence-electron chi connectivity index (χ2n) is 9.82. The third kappa shape index (κ3) is 8.76. The van der Waals surface area contributed by atoms with Crippen LogP contribution in [-0.4, -0.2) is 63.2 Å². The molecule has 0 saturated carbocycles. The molecule has 0 saturated heterocycles. The number of nitrogen functional groups attached to an aromatic ring is 2.